The second-order valence-corrected chi connectivity index (χ2v) is 6.19. The molecule has 23 heavy (non-hydrogen) atoms. The summed E-state index contributed by atoms with van der Waals surface area (Å²) in [5.41, 5.74) is 1.18. The summed E-state index contributed by atoms with van der Waals surface area (Å²) in [6, 6.07) is 4.08. The van der Waals surface area contributed by atoms with Crippen molar-refractivity contribution < 1.29 is 9.53 Å². The van der Waals surface area contributed by atoms with Gasteiger partial charge < -0.3 is 19.9 Å². The molecule has 0 bridgehead atoms. The van der Waals surface area contributed by atoms with Crippen molar-refractivity contribution in [1.82, 2.24) is 15.2 Å². The van der Waals surface area contributed by atoms with E-state index in [1.807, 2.05) is 29.4 Å². The van der Waals surface area contributed by atoms with E-state index < -0.39 is 0 Å². The Morgan fingerprint density at radius 3 is 2.70 bits per heavy atom. The molecular formula is C17H26N4O2. The third-order valence-corrected chi connectivity index (χ3v) is 4.61. The highest BCUT2D eigenvalue weighted by atomic mass is 16.5. The van der Waals surface area contributed by atoms with Crippen LogP contribution >= 0.6 is 0 Å². The predicted molar refractivity (Wildman–Crippen MR) is 89.6 cm³/mol. The average Bonchev–Trinajstić information content (AvgIpc) is 2.63. The van der Waals surface area contributed by atoms with Crippen molar-refractivity contribution in [2.75, 3.05) is 44.2 Å². The average molecular weight is 318 g/mol. The van der Waals surface area contributed by atoms with Gasteiger partial charge in [-0.1, -0.05) is 0 Å². The molecule has 0 saturated carbocycles. The maximum atomic E-state index is 12.2. The van der Waals surface area contributed by atoms with Gasteiger partial charge in [-0.25, -0.2) is 4.79 Å². The van der Waals surface area contributed by atoms with E-state index in [1.54, 1.807) is 0 Å². The fourth-order valence-corrected chi connectivity index (χ4v) is 3.21. The maximum absolute atomic E-state index is 12.2. The van der Waals surface area contributed by atoms with Gasteiger partial charge in [0.15, 0.2) is 0 Å². The number of pyridine rings is 1. The Kier molecular flexibility index (Phi) is 5.69. The number of carbonyl (C=O) groups excluding carboxylic acids is 1. The summed E-state index contributed by atoms with van der Waals surface area (Å²) in [5, 5.41) is 3.03. The van der Waals surface area contributed by atoms with Crippen LogP contribution in [0.3, 0.4) is 0 Å². The first-order chi connectivity index (χ1) is 11.3. The van der Waals surface area contributed by atoms with Crippen LogP contribution in [-0.4, -0.2) is 61.3 Å². The lowest BCUT2D eigenvalue weighted by Gasteiger charge is -2.36. The van der Waals surface area contributed by atoms with Gasteiger partial charge in [0.25, 0.3) is 0 Å². The molecule has 2 aliphatic rings. The molecule has 6 heteroatoms. The zero-order valence-electron chi connectivity index (χ0n) is 13.6. The number of hydrogen-bond donors (Lipinski definition) is 1. The molecule has 126 valence electrons. The van der Waals surface area contributed by atoms with E-state index in [-0.39, 0.29) is 6.03 Å². The molecule has 0 aromatic carbocycles. The van der Waals surface area contributed by atoms with Gasteiger partial charge in [-0.05, 0) is 37.8 Å². The summed E-state index contributed by atoms with van der Waals surface area (Å²) in [7, 11) is 0. The SMILES string of the molecule is O=C(NCC[C@H]1CCCCO1)N1CCN(c2ccncc2)CC1. The van der Waals surface area contributed by atoms with Crippen LogP contribution in [0.25, 0.3) is 0 Å². The van der Waals surface area contributed by atoms with Gasteiger partial charge >= 0.3 is 6.03 Å². The Morgan fingerprint density at radius 2 is 2.00 bits per heavy atom. The molecule has 0 spiro atoms. The van der Waals surface area contributed by atoms with E-state index in [1.165, 1.54) is 18.5 Å². The molecule has 1 aromatic rings. The van der Waals surface area contributed by atoms with Crippen molar-refractivity contribution in [1.29, 1.82) is 0 Å². The molecule has 2 amide bonds. The summed E-state index contributed by atoms with van der Waals surface area (Å²) < 4.78 is 5.69. The van der Waals surface area contributed by atoms with Gasteiger partial charge in [-0.15, -0.1) is 0 Å². The van der Waals surface area contributed by atoms with E-state index in [0.717, 1.165) is 45.6 Å². The minimum Gasteiger partial charge on any atom is -0.378 e. The van der Waals surface area contributed by atoms with Crippen LogP contribution in [0.2, 0.25) is 0 Å². The first-order valence-electron chi connectivity index (χ1n) is 8.62. The number of ether oxygens (including phenoxy) is 1. The summed E-state index contributed by atoms with van der Waals surface area (Å²) in [5.74, 6) is 0. The third-order valence-electron chi connectivity index (χ3n) is 4.61. The zero-order chi connectivity index (χ0) is 15.9. The van der Waals surface area contributed by atoms with Crippen molar-refractivity contribution in [3.05, 3.63) is 24.5 Å². The quantitative estimate of drug-likeness (QED) is 0.921. The lowest BCUT2D eigenvalue weighted by molar-refractivity contribution is 0.0118. The monoisotopic (exact) mass is 318 g/mol. The van der Waals surface area contributed by atoms with Crippen LogP contribution in [0.1, 0.15) is 25.7 Å². The minimum atomic E-state index is 0.0511. The lowest BCUT2D eigenvalue weighted by Crippen LogP contribution is -2.52. The number of hydrogen-bond acceptors (Lipinski definition) is 4. The Bertz CT molecular complexity index is 483. The topological polar surface area (TPSA) is 57.7 Å². The van der Waals surface area contributed by atoms with Crippen LogP contribution in [-0.2, 0) is 4.74 Å². The van der Waals surface area contributed by atoms with Gasteiger partial charge in [0, 0.05) is 57.4 Å². The predicted octanol–water partition coefficient (Wildman–Crippen LogP) is 1.87. The number of aromatic nitrogens is 1. The highest BCUT2D eigenvalue weighted by Gasteiger charge is 2.21. The van der Waals surface area contributed by atoms with E-state index in [4.69, 9.17) is 4.74 Å². The van der Waals surface area contributed by atoms with Gasteiger partial charge in [0.05, 0.1) is 6.10 Å². The third kappa shape index (κ3) is 4.58. The molecule has 3 rings (SSSR count). The number of piperazine rings is 1. The Balaban J connectivity index is 1.36. The van der Waals surface area contributed by atoms with E-state index in [0.29, 0.717) is 12.6 Å². The molecule has 2 aliphatic heterocycles. The van der Waals surface area contributed by atoms with Gasteiger partial charge in [-0.3, -0.25) is 4.98 Å². The normalized spacial score (nSPS) is 22.0. The first-order valence-corrected chi connectivity index (χ1v) is 8.62. The van der Waals surface area contributed by atoms with Gasteiger partial charge in [0.1, 0.15) is 0 Å². The fourth-order valence-electron chi connectivity index (χ4n) is 3.21. The van der Waals surface area contributed by atoms with Crippen molar-refractivity contribution >= 4 is 11.7 Å². The molecule has 0 unspecified atom stereocenters. The van der Waals surface area contributed by atoms with Crippen LogP contribution in [0.5, 0.6) is 0 Å². The second-order valence-electron chi connectivity index (χ2n) is 6.19. The molecule has 1 N–H and O–H groups in total. The van der Waals surface area contributed by atoms with Gasteiger partial charge in [0.2, 0.25) is 0 Å². The van der Waals surface area contributed by atoms with Crippen molar-refractivity contribution in [2.45, 2.75) is 31.8 Å². The number of amides is 2. The number of anilines is 1. The standard InChI is InChI=1S/C17H26N4O2/c22-17(19-9-6-16-3-1-2-14-23-16)21-12-10-20(11-13-21)15-4-7-18-8-5-15/h4-5,7-8,16H,1-3,6,9-14H2,(H,19,22)/t16-/m1/s1. The molecule has 1 atom stereocenters. The fraction of sp³-hybridized carbons (Fsp3) is 0.647. The molecule has 3 heterocycles. The molecule has 6 nitrogen and oxygen atoms in total. The highest BCUT2D eigenvalue weighted by molar-refractivity contribution is 5.74. The molecule has 2 saturated heterocycles. The summed E-state index contributed by atoms with van der Waals surface area (Å²) in [4.78, 5) is 20.5. The summed E-state index contributed by atoms with van der Waals surface area (Å²) in [6.07, 6.45) is 8.40. The molecule has 0 aliphatic carbocycles. The smallest absolute Gasteiger partial charge is 0.317 e. The zero-order valence-corrected chi connectivity index (χ0v) is 13.6. The van der Waals surface area contributed by atoms with Crippen molar-refractivity contribution in [3.63, 3.8) is 0 Å². The van der Waals surface area contributed by atoms with E-state index in [2.05, 4.69) is 15.2 Å². The summed E-state index contributed by atoms with van der Waals surface area (Å²) >= 11 is 0. The Morgan fingerprint density at radius 1 is 1.22 bits per heavy atom. The molecule has 0 radical (unpaired) electrons. The van der Waals surface area contributed by atoms with Crippen molar-refractivity contribution in [2.24, 2.45) is 0 Å². The molecule has 2 fully saturated rings. The second kappa shape index (κ2) is 8.15. The Labute approximate surface area is 137 Å². The van der Waals surface area contributed by atoms with E-state index >= 15 is 0 Å². The number of nitrogens with zero attached hydrogens (tertiary/aromatic N) is 3. The lowest BCUT2D eigenvalue weighted by atomic mass is 10.1. The summed E-state index contributed by atoms with van der Waals surface area (Å²) in [6.45, 7) is 4.82. The molecule has 1 aromatic heterocycles. The molecular weight excluding hydrogens is 292 g/mol. The van der Waals surface area contributed by atoms with Crippen LogP contribution < -0.4 is 10.2 Å². The van der Waals surface area contributed by atoms with Crippen LogP contribution in [0.15, 0.2) is 24.5 Å². The Hall–Kier alpha value is -1.82. The maximum Gasteiger partial charge on any atom is 0.317 e. The first kappa shape index (κ1) is 16.1. The highest BCUT2D eigenvalue weighted by Crippen LogP contribution is 2.16. The minimum absolute atomic E-state index is 0.0511. The van der Waals surface area contributed by atoms with Crippen LogP contribution in [0, 0.1) is 0 Å². The largest absolute Gasteiger partial charge is 0.378 e. The number of urea groups is 1. The van der Waals surface area contributed by atoms with Crippen LogP contribution in [0.4, 0.5) is 10.5 Å². The van der Waals surface area contributed by atoms with Crippen molar-refractivity contribution in [3.8, 4) is 0 Å². The number of rotatable bonds is 4. The van der Waals surface area contributed by atoms with Gasteiger partial charge in [-0.2, -0.15) is 0 Å². The van der Waals surface area contributed by atoms with E-state index in [9.17, 15) is 4.79 Å². The number of nitrogens with one attached hydrogen (secondary N) is 1. The number of carbonyl (C=O) groups is 1.